The number of carbonyl (C=O) groups excluding carboxylic acids is 1. The van der Waals surface area contributed by atoms with Crippen LogP contribution in [-0.4, -0.2) is 10.9 Å². The van der Waals surface area contributed by atoms with Crippen LogP contribution in [-0.2, 0) is 10.4 Å². The van der Waals surface area contributed by atoms with Gasteiger partial charge < -0.3 is 10.8 Å². The zero-order chi connectivity index (χ0) is 14.9. The van der Waals surface area contributed by atoms with Crippen LogP contribution in [0.4, 0.5) is 5.69 Å². The predicted octanol–water partition coefficient (Wildman–Crippen LogP) is 3.06. The molecule has 2 aromatic carbocycles. The fraction of sp³-hybridized carbons (Fsp3) is 0.188. The van der Waals surface area contributed by atoms with Crippen LogP contribution in [0.2, 0.25) is 5.02 Å². The zero-order valence-corrected chi connectivity index (χ0v) is 12.1. The third-order valence-electron chi connectivity index (χ3n) is 3.38. The van der Waals surface area contributed by atoms with Crippen LogP contribution in [0, 0.1) is 6.92 Å². The summed E-state index contributed by atoms with van der Waals surface area (Å²) in [6.07, 6.45) is 0. The molecule has 0 saturated carbocycles. The first-order valence-electron chi connectivity index (χ1n) is 6.21. The Kier molecular flexibility index (Phi) is 3.84. The van der Waals surface area contributed by atoms with Crippen molar-refractivity contribution >= 4 is 23.1 Å². The number of nitrogen functional groups attached to an aromatic ring is 1. The molecule has 4 heteroatoms. The first-order chi connectivity index (χ1) is 9.35. The van der Waals surface area contributed by atoms with Crippen molar-refractivity contribution in [3.05, 3.63) is 64.2 Å². The van der Waals surface area contributed by atoms with Crippen molar-refractivity contribution in [2.45, 2.75) is 19.4 Å². The van der Waals surface area contributed by atoms with Gasteiger partial charge in [0.1, 0.15) is 0 Å². The van der Waals surface area contributed by atoms with Crippen LogP contribution >= 0.6 is 11.6 Å². The second kappa shape index (κ2) is 5.27. The first-order valence-corrected chi connectivity index (χ1v) is 6.59. The number of rotatable bonds is 3. The first kappa shape index (κ1) is 14.6. The molecule has 1 atom stereocenters. The van der Waals surface area contributed by atoms with Gasteiger partial charge in [0.2, 0.25) is 0 Å². The monoisotopic (exact) mass is 289 g/mol. The molecule has 20 heavy (non-hydrogen) atoms. The Labute approximate surface area is 123 Å². The van der Waals surface area contributed by atoms with Gasteiger partial charge in [0.05, 0.1) is 0 Å². The number of halogens is 1. The number of hydrogen-bond donors (Lipinski definition) is 2. The number of nitrogens with two attached hydrogens (primary N) is 1. The minimum absolute atomic E-state index is 0.307. The normalized spacial score (nSPS) is 13.8. The quantitative estimate of drug-likeness (QED) is 0.854. The SMILES string of the molecule is CC(=O)C(O)(c1ccc(C)cc1)c1cc(Cl)ccc1N. The third-order valence-corrected chi connectivity index (χ3v) is 3.62. The van der Waals surface area contributed by atoms with Crippen molar-refractivity contribution in [3.8, 4) is 0 Å². The maximum Gasteiger partial charge on any atom is 0.175 e. The number of anilines is 1. The van der Waals surface area contributed by atoms with Crippen LogP contribution in [0.1, 0.15) is 23.6 Å². The Hall–Kier alpha value is -1.84. The summed E-state index contributed by atoms with van der Waals surface area (Å²) in [4.78, 5) is 12.1. The van der Waals surface area contributed by atoms with Crippen molar-refractivity contribution in [2.24, 2.45) is 0 Å². The van der Waals surface area contributed by atoms with Gasteiger partial charge in [-0.15, -0.1) is 0 Å². The van der Waals surface area contributed by atoms with E-state index in [0.717, 1.165) is 5.56 Å². The summed E-state index contributed by atoms with van der Waals surface area (Å²) < 4.78 is 0. The number of ketones is 1. The number of aliphatic hydroxyl groups is 1. The predicted molar refractivity (Wildman–Crippen MR) is 80.7 cm³/mol. The van der Waals surface area contributed by atoms with Crippen molar-refractivity contribution in [3.63, 3.8) is 0 Å². The fourth-order valence-corrected chi connectivity index (χ4v) is 2.36. The lowest BCUT2D eigenvalue weighted by molar-refractivity contribution is -0.131. The van der Waals surface area contributed by atoms with E-state index in [9.17, 15) is 9.90 Å². The minimum atomic E-state index is -1.79. The second-order valence-corrected chi connectivity index (χ2v) is 5.30. The molecule has 0 amide bonds. The second-order valence-electron chi connectivity index (χ2n) is 4.86. The molecule has 0 fully saturated rings. The number of carbonyl (C=O) groups is 1. The van der Waals surface area contributed by atoms with E-state index in [-0.39, 0.29) is 0 Å². The lowest BCUT2D eigenvalue weighted by atomic mass is 9.82. The molecule has 0 aliphatic carbocycles. The van der Waals surface area contributed by atoms with Gasteiger partial charge in [-0.05, 0) is 37.6 Å². The average Bonchev–Trinajstić information content (AvgIpc) is 2.41. The molecule has 3 nitrogen and oxygen atoms in total. The van der Waals surface area contributed by atoms with E-state index in [0.29, 0.717) is 21.8 Å². The Morgan fingerprint density at radius 3 is 2.35 bits per heavy atom. The van der Waals surface area contributed by atoms with E-state index >= 15 is 0 Å². The lowest BCUT2D eigenvalue weighted by Crippen LogP contribution is -2.36. The highest BCUT2D eigenvalue weighted by atomic mass is 35.5. The van der Waals surface area contributed by atoms with Gasteiger partial charge in [-0.2, -0.15) is 0 Å². The van der Waals surface area contributed by atoms with Crippen LogP contribution in [0.5, 0.6) is 0 Å². The molecule has 0 heterocycles. The maximum absolute atomic E-state index is 12.1. The lowest BCUT2D eigenvalue weighted by Gasteiger charge is -2.28. The number of hydrogen-bond acceptors (Lipinski definition) is 3. The molecular formula is C16H16ClNO2. The molecule has 0 aliphatic rings. The Balaban J connectivity index is 2.69. The molecule has 2 aromatic rings. The highest BCUT2D eigenvalue weighted by molar-refractivity contribution is 6.30. The van der Waals surface area contributed by atoms with Crippen LogP contribution in [0.15, 0.2) is 42.5 Å². The van der Waals surface area contributed by atoms with Gasteiger partial charge in [0, 0.05) is 16.3 Å². The highest BCUT2D eigenvalue weighted by Gasteiger charge is 2.38. The average molecular weight is 290 g/mol. The smallest absolute Gasteiger partial charge is 0.175 e. The van der Waals surface area contributed by atoms with Crippen LogP contribution in [0.3, 0.4) is 0 Å². The van der Waals surface area contributed by atoms with Crippen LogP contribution in [0.25, 0.3) is 0 Å². The molecule has 0 radical (unpaired) electrons. The largest absolute Gasteiger partial charge is 0.398 e. The Morgan fingerprint density at radius 2 is 1.80 bits per heavy atom. The molecule has 1 unspecified atom stereocenters. The molecule has 104 valence electrons. The van der Waals surface area contributed by atoms with E-state index in [2.05, 4.69) is 0 Å². The summed E-state index contributed by atoms with van der Waals surface area (Å²) in [6.45, 7) is 3.27. The van der Waals surface area contributed by atoms with Crippen LogP contribution < -0.4 is 5.73 Å². The molecule has 0 aromatic heterocycles. The van der Waals surface area contributed by atoms with Crippen molar-refractivity contribution in [2.75, 3.05) is 5.73 Å². The van der Waals surface area contributed by atoms with Gasteiger partial charge in [-0.3, -0.25) is 4.79 Å². The van der Waals surface area contributed by atoms with Gasteiger partial charge >= 0.3 is 0 Å². The maximum atomic E-state index is 12.1. The van der Waals surface area contributed by atoms with Crippen molar-refractivity contribution < 1.29 is 9.90 Å². The van der Waals surface area contributed by atoms with Gasteiger partial charge in [-0.1, -0.05) is 41.4 Å². The summed E-state index contributed by atoms with van der Waals surface area (Å²) in [5.74, 6) is -0.407. The Morgan fingerprint density at radius 1 is 1.20 bits per heavy atom. The Bertz CT molecular complexity index is 652. The summed E-state index contributed by atoms with van der Waals surface area (Å²) in [7, 11) is 0. The number of aryl methyl sites for hydroxylation is 1. The molecule has 0 spiro atoms. The summed E-state index contributed by atoms with van der Waals surface area (Å²) in [5.41, 5.74) is 6.27. The topological polar surface area (TPSA) is 63.3 Å². The molecule has 2 rings (SSSR count). The van der Waals surface area contributed by atoms with E-state index in [1.165, 1.54) is 13.0 Å². The van der Waals surface area contributed by atoms with Crippen molar-refractivity contribution in [1.29, 1.82) is 0 Å². The van der Waals surface area contributed by atoms with E-state index in [1.807, 2.05) is 19.1 Å². The van der Waals surface area contributed by atoms with Crippen molar-refractivity contribution in [1.82, 2.24) is 0 Å². The zero-order valence-electron chi connectivity index (χ0n) is 11.4. The number of benzene rings is 2. The molecule has 0 saturated heterocycles. The van der Waals surface area contributed by atoms with E-state index < -0.39 is 11.4 Å². The molecular weight excluding hydrogens is 274 g/mol. The summed E-state index contributed by atoms with van der Waals surface area (Å²) >= 11 is 5.96. The highest BCUT2D eigenvalue weighted by Crippen LogP contribution is 2.35. The molecule has 0 aliphatic heterocycles. The van der Waals surface area contributed by atoms with Gasteiger partial charge in [-0.25, -0.2) is 0 Å². The molecule has 0 bridgehead atoms. The van der Waals surface area contributed by atoms with Gasteiger partial charge in [0.25, 0.3) is 0 Å². The third kappa shape index (κ3) is 2.42. The number of Topliss-reactive ketones (excluding diaryl/α,β-unsaturated/α-hetero) is 1. The summed E-state index contributed by atoms with van der Waals surface area (Å²) in [5, 5.41) is 11.4. The van der Waals surface area contributed by atoms with E-state index in [4.69, 9.17) is 17.3 Å². The van der Waals surface area contributed by atoms with Gasteiger partial charge in [0.15, 0.2) is 11.4 Å². The minimum Gasteiger partial charge on any atom is -0.398 e. The van der Waals surface area contributed by atoms with E-state index in [1.54, 1.807) is 24.3 Å². The standard InChI is InChI=1S/C16H16ClNO2/c1-10-3-5-12(6-4-10)16(20,11(2)19)14-9-13(17)7-8-15(14)18/h3-9,20H,18H2,1-2H3. The molecule has 3 N–H and O–H groups in total. The summed E-state index contributed by atoms with van der Waals surface area (Å²) in [6, 6.07) is 11.8. The fourth-order valence-electron chi connectivity index (χ4n) is 2.19.